The molecular weight excluding hydrogens is 306 g/mol. The highest BCUT2D eigenvalue weighted by Gasteiger charge is 2.09. The molecule has 2 rings (SSSR count). The summed E-state index contributed by atoms with van der Waals surface area (Å²) in [4.78, 5) is 33.4. The number of hydrogen-bond acceptors (Lipinski definition) is 4. The van der Waals surface area contributed by atoms with Crippen LogP contribution in [0.25, 0.3) is 0 Å². The minimum absolute atomic E-state index is 0.185. The maximum Gasteiger partial charge on any atom is 0.317 e. The molecule has 126 valence electrons. The fourth-order valence-electron chi connectivity index (χ4n) is 2.00. The summed E-state index contributed by atoms with van der Waals surface area (Å²) in [5.74, 6) is 0.315. The molecule has 3 amide bonds. The summed E-state index contributed by atoms with van der Waals surface area (Å²) in [6, 6.07) is 7.10. The van der Waals surface area contributed by atoms with E-state index >= 15 is 0 Å². The van der Waals surface area contributed by atoms with Crippen molar-refractivity contribution in [3.8, 4) is 0 Å². The first-order valence-corrected chi connectivity index (χ1v) is 7.65. The second-order valence-corrected chi connectivity index (χ2v) is 5.46. The first-order chi connectivity index (χ1) is 11.5. The number of nitrogens with zero attached hydrogens (tertiary/aromatic N) is 3. The van der Waals surface area contributed by atoms with Crippen molar-refractivity contribution < 1.29 is 9.59 Å². The van der Waals surface area contributed by atoms with Crippen LogP contribution in [0.5, 0.6) is 0 Å². The van der Waals surface area contributed by atoms with Crippen molar-refractivity contribution >= 4 is 17.8 Å². The van der Waals surface area contributed by atoms with Gasteiger partial charge in [-0.15, -0.1) is 0 Å². The van der Waals surface area contributed by atoms with E-state index in [-0.39, 0.29) is 24.9 Å². The van der Waals surface area contributed by atoms with Crippen molar-refractivity contribution in [2.45, 2.75) is 19.9 Å². The zero-order valence-electron chi connectivity index (χ0n) is 13.8. The van der Waals surface area contributed by atoms with E-state index in [0.717, 1.165) is 11.1 Å². The Kier molecular flexibility index (Phi) is 6.24. The third-order valence-electron chi connectivity index (χ3n) is 3.32. The Morgan fingerprint density at radius 3 is 2.58 bits per heavy atom. The van der Waals surface area contributed by atoms with Crippen LogP contribution in [0.1, 0.15) is 17.5 Å². The topological polar surface area (TPSA) is 87.2 Å². The van der Waals surface area contributed by atoms with Gasteiger partial charge in [-0.25, -0.2) is 9.78 Å². The van der Waals surface area contributed by atoms with Crippen molar-refractivity contribution in [1.82, 2.24) is 20.2 Å². The molecule has 0 aliphatic rings. The van der Waals surface area contributed by atoms with E-state index in [4.69, 9.17) is 0 Å². The SMILES string of the molecule is Cc1ccc(NC(=O)CCNC(=O)N(C)Cc2ccncc2)nc1. The monoisotopic (exact) mass is 327 g/mol. The van der Waals surface area contributed by atoms with Gasteiger partial charge in [-0.3, -0.25) is 9.78 Å². The average molecular weight is 327 g/mol. The maximum atomic E-state index is 12.0. The summed E-state index contributed by atoms with van der Waals surface area (Å²) in [5, 5.41) is 5.41. The third-order valence-corrected chi connectivity index (χ3v) is 3.32. The highest BCUT2D eigenvalue weighted by atomic mass is 16.2. The molecule has 7 heteroatoms. The second-order valence-electron chi connectivity index (χ2n) is 5.46. The summed E-state index contributed by atoms with van der Waals surface area (Å²) in [6.45, 7) is 2.67. The van der Waals surface area contributed by atoms with Crippen molar-refractivity contribution in [1.29, 1.82) is 0 Å². The second kappa shape index (κ2) is 8.61. The number of amides is 3. The van der Waals surface area contributed by atoms with E-state index in [1.165, 1.54) is 0 Å². The summed E-state index contributed by atoms with van der Waals surface area (Å²) >= 11 is 0. The number of urea groups is 1. The molecule has 0 bridgehead atoms. The Hall–Kier alpha value is -2.96. The van der Waals surface area contributed by atoms with Gasteiger partial charge in [-0.2, -0.15) is 0 Å². The van der Waals surface area contributed by atoms with E-state index < -0.39 is 0 Å². The van der Waals surface area contributed by atoms with Crippen LogP contribution in [0.2, 0.25) is 0 Å². The fraction of sp³-hybridized carbons (Fsp3) is 0.294. The molecular formula is C17H21N5O2. The first kappa shape index (κ1) is 17.4. The Bertz CT molecular complexity index is 673. The third kappa shape index (κ3) is 5.68. The minimum atomic E-state index is -0.229. The number of hydrogen-bond donors (Lipinski definition) is 2. The summed E-state index contributed by atoms with van der Waals surface area (Å²) in [6.07, 6.45) is 5.24. The van der Waals surface area contributed by atoms with Gasteiger partial charge in [0, 0.05) is 45.1 Å². The van der Waals surface area contributed by atoms with Gasteiger partial charge in [0.2, 0.25) is 5.91 Å². The molecule has 2 heterocycles. The molecule has 0 unspecified atom stereocenters. The van der Waals surface area contributed by atoms with Crippen LogP contribution in [-0.4, -0.2) is 40.4 Å². The van der Waals surface area contributed by atoms with E-state index in [1.54, 1.807) is 36.6 Å². The molecule has 24 heavy (non-hydrogen) atoms. The van der Waals surface area contributed by atoms with Gasteiger partial charge in [0.25, 0.3) is 0 Å². The number of anilines is 1. The lowest BCUT2D eigenvalue weighted by molar-refractivity contribution is -0.116. The lowest BCUT2D eigenvalue weighted by Gasteiger charge is -2.17. The molecule has 0 aromatic carbocycles. The molecule has 0 aliphatic carbocycles. The van der Waals surface area contributed by atoms with E-state index in [9.17, 15) is 9.59 Å². The smallest absolute Gasteiger partial charge is 0.317 e. The number of carbonyl (C=O) groups is 2. The highest BCUT2D eigenvalue weighted by Crippen LogP contribution is 2.04. The van der Waals surface area contributed by atoms with Crippen molar-refractivity contribution in [2.24, 2.45) is 0 Å². The zero-order valence-corrected chi connectivity index (χ0v) is 13.8. The quantitative estimate of drug-likeness (QED) is 0.849. The van der Waals surface area contributed by atoms with Crippen molar-refractivity contribution in [2.75, 3.05) is 18.9 Å². The van der Waals surface area contributed by atoms with E-state index in [1.807, 2.05) is 25.1 Å². The molecule has 2 N–H and O–H groups in total. The predicted molar refractivity (Wildman–Crippen MR) is 91.3 cm³/mol. The lowest BCUT2D eigenvalue weighted by atomic mass is 10.2. The summed E-state index contributed by atoms with van der Waals surface area (Å²) in [7, 11) is 1.70. The highest BCUT2D eigenvalue weighted by molar-refractivity contribution is 5.90. The van der Waals surface area contributed by atoms with Crippen LogP contribution in [0, 0.1) is 6.92 Å². The molecule has 2 aromatic rings. The number of aryl methyl sites for hydroxylation is 1. The van der Waals surface area contributed by atoms with Crippen molar-refractivity contribution in [3.05, 3.63) is 54.0 Å². The lowest BCUT2D eigenvalue weighted by Crippen LogP contribution is -2.38. The van der Waals surface area contributed by atoms with Gasteiger partial charge >= 0.3 is 6.03 Å². The maximum absolute atomic E-state index is 12.0. The predicted octanol–water partition coefficient (Wildman–Crippen LogP) is 1.96. The van der Waals surface area contributed by atoms with Gasteiger partial charge in [-0.05, 0) is 36.2 Å². The Morgan fingerprint density at radius 2 is 1.92 bits per heavy atom. The van der Waals surface area contributed by atoms with Crippen LogP contribution < -0.4 is 10.6 Å². The van der Waals surface area contributed by atoms with Gasteiger partial charge in [0.05, 0.1) is 0 Å². The standard InChI is InChI=1S/C17H21N5O2/c1-13-3-4-15(20-11-13)21-16(23)7-10-19-17(24)22(2)12-14-5-8-18-9-6-14/h3-6,8-9,11H,7,10,12H2,1-2H3,(H,19,24)(H,20,21,23). The van der Waals surface area contributed by atoms with Gasteiger partial charge in [-0.1, -0.05) is 6.07 Å². The van der Waals surface area contributed by atoms with Crippen LogP contribution in [0.4, 0.5) is 10.6 Å². The minimum Gasteiger partial charge on any atom is -0.337 e. The Balaban J connectivity index is 1.69. The Labute approximate surface area is 141 Å². The number of rotatable bonds is 6. The molecule has 0 saturated heterocycles. The first-order valence-electron chi connectivity index (χ1n) is 7.65. The Morgan fingerprint density at radius 1 is 1.17 bits per heavy atom. The molecule has 2 aromatic heterocycles. The molecule has 0 fully saturated rings. The van der Waals surface area contributed by atoms with Gasteiger partial charge in [0.15, 0.2) is 0 Å². The summed E-state index contributed by atoms with van der Waals surface area (Å²) < 4.78 is 0. The molecule has 7 nitrogen and oxygen atoms in total. The molecule has 0 atom stereocenters. The number of pyridine rings is 2. The largest absolute Gasteiger partial charge is 0.337 e. The van der Waals surface area contributed by atoms with Gasteiger partial charge < -0.3 is 15.5 Å². The fourth-order valence-corrected chi connectivity index (χ4v) is 2.00. The zero-order chi connectivity index (χ0) is 17.4. The van der Waals surface area contributed by atoms with Crippen LogP contribution in [0.3, 0.4) is 0 Å². The molecule has 0 spiro atoms. The van der Waals surface area contributed by atoms with Crippen molar-refractivity contribution in [3.63, 3.8) is 0 Å². The number of nitrogens with one attached hydrogen (secondary N) is 2. The number of carbonyl (C=O) groups excluding carboxylic acids is 2. The van der Waals surface area contributed by atoms with Gasteiger partial charge in [0.1, 0.15) is 5.82 Å². The molecule has 0 saturated carbocycles. The average Bonchev–Trinajstić information content (AvgIpc) is 2.57. The van der Waals surface area contributed by atoms with Crippen LogP contribution in [-0.2, 0) is 11.3 Å². The van der Waals surface area contributed by atoms with E-state index in [0.29, 0.717) is 12.4 Å². The molecule has 0 aliphatic heterocycles. The van der Waals surface area contributed by atoms with E-state index in [2.05, 4.69) is 20.6 Å². The number of aromatic nitrogens is 2. The molecule has 0 radical (unpaired) electrons. The summed E-state index contributed by atoms with van der Waals surface area (Å²) in [5.41, 5.74) is 2.02. The van der Waals surface area contributed by atoms with Crippen LogP contribution >= 0.6 is 0 Å². The normalized spacial score (nSPS) is 10.1. The van der Waals surface area contributed by atoms with Crippen LogP contribution in [0.15, 0.2) is 42.9 Å².